The van der Waals surface area contributed by atoms with E-state index in [0.29, 0.717) is 21.4 Å². The molecule has 0 saturated carbocycles. The van der Waals surface area contributed by atoms with Gasteiger partial charge in [0, 0.05) is 10.6 Å². The van der Waals surface area contributed by atoms with Gasteiger partial charge in [-0.25, -0.2) is 4.63 Å². The summed E-state index contributed by atoms with van der Waals surface area (Å²) in [6, 6.07) is 3.17. The fourth-order valence-electron chi connectivity index (χ4n) is 1.47. The molecule has 0 aliphatic heterocycles. The van der Waals surface area contributed by atoms with Crippen molar-refractivity contribution in [2.75, 3.05) is 12.8 Å². The van der Waals surface area contributed by atoms with Gasteiger partial charge in [-0.1, -0.05) is 23.2 Å². The van der Waals surface area contributed by atoms with Crippen LogP contribution in [-0.4, -0.2) is 29.5 Å². The lowest BCUT2D eigenvalue weighted by Crippen LogP contribution is -2.15. The van der Waals surface area contributed by atoms with Crippen LogP contribution in [0.25, 0.3) is 0 Å². The number of hydrogen-bond donors (Lipinski definition) is 2. The molecule has 2 aromatic rings. The molecule has 8 nitrogen and oxygen atoms in total. The van der Waals surface area contributed by atoms with Gasteiger partial charge in [0.25, 0.3) is 0 Å². The van der Waals surface area contributed by atoms with Gasteiger partial charge in [-0.2, -0.15) is 5.10 Å². The first-order chi connectivity index (χ1) is 10.0. The van der Waals surface area contributed by atoms with E-state index in [1.807, 2.05) is 0 Å². The smallest absolute Gasteiger partial charge is 0.199 e. The zero-order valence-electron chi connectivity index (χ0n) is 10.7. The van der Waals surface area contributed by atoms with Crippen LogP contribution in [-0.2, 0) is 0 Å². The second-order valence-electron chi connectivity index (χ2n) is 3.74. The number of nitrogen functional groups attached to an aromatic ring is 1. The second-order valence-corrected chi connectivity index (χ2v) is 4.58. The van der Waals surface area contributed by atoms with Crippen LogP contribution in [0.1, 0.15) is 11.3 Å². The number of rotatable bonds is 4. The molecule has 0 atom stereocenters. The van der Waals surface area contributed by atoms with Crippen LogP contribution in [0.3, 0.4) is 0 Å². The van der Waals surface area contributed by atoms with Crippen molar-refractivity contribution in [3.05, 3.63) is 33.4 Å². The monoisotopic (exact) mass is 328 g/mol. The summed E-state index contributed by atoms with van der Waals surface area (Å²) in [6.45, 7) is 0. The molecule has 0 bridgehead atoms. The van der Waals surface area contributed by atoms with Gasteiger partial charge in [0.2, 0.25) is 0 Å². The lowest BCUT2D eigenvalue weighted by atomic mass is 10.2. The largest absolute Gasteiger partial charge is 0.495 e. The van der Waals surface area contributed by atoms with Crippen LogP contribution in [0.2, 0.25) is 10.0 Å². The Morgan fingerprint density at radius 3 is 2.76 bits per heavy atom. The number of methoxy groups -OCH3 is 1. The van der Waals surface area contributed by atoms with Crippen LogP contribution in [0.15, 0.2) is 27.0 Å². The van der Waals surface area contributed by atoms with Crippen LogP contribution in [0.5, 0.6) is 5.75 Å². The SMILES string of the molecule is COc1c(Cl)cc(Cl)cc1C=N/N=C(\N)c1nonc1N. The van der Waals surface area contributed by atoms with Crippen molar-refractivity contribution in [3.8, 4) is 5.75 Å². The van der Waals surface area contributed by atoms with Crippen LogP contribution < -0.4 is 16.2 Å². The molecule has 0 saturated heterocycles. The zero-order valence-corrected chi connectivity index (χ0v) is 12.3. The molecule has 110 valence electrons. The highest BCUT2D eigenvalue weighted by Gasteiger charge is 2.10. The molecule has 21 heavy (non-hydrogen) atoms. The first kappa shape index (κ1) is 15.1. The summed E-state index contributed by atoms with van der Waals surface area (Å²) in [5.41, 5.74) is 11.8. The maximum Gasteiger partial charge on any atom is 0.199 e. The number of anilines is 1. The Morgan fingerprint density at radius 2 is 2.14 bits per heavy atom. The minimum Gasteiger partial charge on any atom is -0.495 e. The number of aromatic nitrogens is 2. The number of amidine groups is 1. The third-order valence-electron chi connectivity index (χ3n) is 2.36. The lowest BCUT2D eigenvalue weighted by molar-refractivity contribution is 0.308. The normalized spacial score (nSPS) is 12.0. The molecular formula is C11H10Cl2N6O2. The van der Waals surface area contributed by atoms with Crippen molar-refractivity contribution >= 4 is 41.1 Å². The van der Waals surface area contributed by atoms with Crippen molar-refractivity contribution in [3.63, 3.8) is 0 Å². The van der Waals surface area contributed by atoms with Crippen molar-refractivity contribution < 1.29 is 9.37 Å². The summed E-state index contributed by atoms with van der Waals surface area (Å²) in [5, 5.41) is 15.2. The number of hydrogen-bond acceptors (Lipinski definition) is 7. The molecule has 1 aromatic heterocycles. The number of benzene rings is 1. The standard InChI is InChI=1S/C11H10Cl2N6O2/c1-20-9-5(2-6(12)3-7(9)13)4-16-17-10(14)8-11(15)19-21-18-8/h2-4H,1H3,(H2,14,17)(H2,15,19). The number of nitrogens with zero attached hydrogens (tertiary/aromatic N) is 4. The summed E-state index contributed by atoms with van der Waals surface area (Å²) in [4.78, 5) is 0. The van der Waals surface area contributed by atoms with E-state index >= 15 is 0 Å². The molecule has 0 unspecified atom stereocenters. The fourth-order valence-corrected chi connectivity index (χ4v) is 2.05. The van der Waals surface area contributed by atoms with E-state index in [4.69, 9.17) is 39.4 Å². The molecule has 0 amide bonds. The average molecular weight is 329 g/mol. The first-order valence-corrected chi connectivity index (χ1v) is 6.26. The highest BCUT2D eigenvalue weighted by Crippen LogP contribution is 2.31. The van der Waals surface area contributed by atoms with Gasteiger partial charge < -0.3 is 16.2 Å². The van der Waals surface area contributed by atoms with Gasteiger partial charge in [0.05, 0.1) is 18.3 Å². The van der Waals surface area contributed by atoms with E-state index in [9.17, 15) is 0 Å². The van der Waals surface area contributed by atoms with Crippen LogP contribution in [0, 0.1) is 0 Å². The van der Waals surface area contributed by atoms with Gasteiger partial charge in [0.1, 0.15) is 5.75 Å². The minimum absolute atomic E-state index is 0.0230. The van der Waals surface area contributed by atoms with Gasteiger partial charge in [-0.05, 0) is 22.4 Å². The molecule has 0 spiro atoms. The number of halogens is 2. The maximum absolute atomic E-state index is 6.00. The highest BCUT2D eigenvalue weighted by molar-refractivity contribution is 6.36. The predicted molar refractivity (Wildman–Crippen MR) is 80.0 cm³/mol. The topological polar surface area (TPSA) is 125 Å². The molecule has 1 heterocycles. The molecule has 0 radical (unpaired) electrons. The number of nitrogens with two attached hydrogens (primary N) is 2. The molecule has 10 heteroatoms. The Kier molecular flexibility index (Phi) is 4.61. The number of ether oxygens (including phenoxy) is 1. The zero-order chi connectivity index (χ0) is 15.4. The third kappa shape index (κ3) is 3.41. The quantitative estimate of drug-likeness (QED) is 0.500. The average Bonchev–Trinajstić information content (AvgIpc) is 2.84. The van der Waals surface area contributed by atoms with E-state index < -0.39 is 0 Å². The molecule has 2 rings (SSSR count). The van der Waals surface area contributed by atoms with Gasteiger partial charge in [-0.3, -0.25) is 0 Å². The van der Waals surface area contributed by atoms with E-state index in [2.05, 4.69) is 25.1 Å². The Balaban J connectivity index is 2.28. The summed E-state index contributed by atoms with van der Waals surface area (Å²) in [7, 11) is 1.48. The van der Waals surface area contributed by atoms with Gasteiger partial charge >= 0.3 is 0 Å². The minimum atomic E-state index is -0.0444. The molecule has 1 aromatic carbocycles. The highest BCUT2D eigenvalue weighted by atomic mass is 35.5. The molecular weight excluding hydrogens is 319 g/mol. The Bertz CT molecular complexity index is 713. The summed E-state index contributed by atoms with van der Waals surface area (Å²) in [6.07, 6.45) is 1.38. The van der Waals surface area contributed by atoms with Crippen molar-refractivity contribution in [2.24, 2.45) is 15.9 Å². The summed E-state index contributed by atoms with van der Waals surface area (Å²) < 4.78 is 9.57. The maximum atomic E-state index is 6.00. The fraction of sp³-hybridized carbons (Fsp3) is 0.0909. The van der Waals surface area contributed by atoms with Crippen LogP contribution in [0.4, 0.5) is 5.82 Å². The first-order valence-electron chi connectivity index (χ1n) is 5.51. The van der Waals surface area contributed by atoms with Crippen molar-refractivity contribution in [1.29, 1.82) is 0 Å². The van der Waals surface area contributed by atoms with E-state index in [1.165, 1.54) is 13.3 Å². The Labute approximate surface area is 129 Å². The summed E-state index contributed by atoms with van der Waals surface area (Å²) >= 11 is 11.9. The summed E-state index contributed by atoms with van der Waals surface area (Å²) in [5.74, 6) is 0.396. The Hall–Kier alpha value is -2.32. The van der Waals surface area contributed by atoms with Crippen molar-refractivity contribution in [1.82, 2.24) is 10.3 Å². The molecule has 4 N–H and O–H groups in total. The third-order valence-corrected chi connectivity index (χ3v) is 2.86. The van der Waals surface area contributed by atoms with Crippen molar-refractivity contribution in [2.45, 2.75) is 0 Å². The molecule has 0 aliphatic rings. The lowest BCUT2D eigenvalue weighted by Gasteiger charge is -2.06. The predicted octanol–water partition coefficient (Wildman–Crippen LogP) is 1.71. The van der Waals surface area contributed by atoms with E-state index in [-0.39, 0.29) is 17.3 Å². The second kappa shape index (κ2) is 6.42. The van der Waals surface area contributed by atoms with Gasteiger partial charge in [0.15, 0.2) is 17.3 Å². The van der Waals surface area contributed by atoms with Crippen LogP contribution >= 0.6 is 23.2 Å². The molecule has 0 fully saturated rings. The van der Waals surface area contributed by atoms with Gasteiger partial charge in [-0.15, -0.1) is 5.10 Å². The molecule has 0 aliphatic carbocycles. The van der Waals surface area contributed by atoms with E-state index in [0.717, 1.165) is 0 Å². The Morgan fingerprint density at radius 1 is 1.38 bits per heavy atom. The van der Waals surface area contributed by atoms with E-state index in [1.54, 1.807) is 12.1 Å².